The fourth-order valence-electron chi connectivity index (χ4n) is 2.88. The quantitative estimate of drug-likeness (QED) is 0.867. The molecular formula is C16H24N2O2S. The first-order chi connectivity index (χ1) is 9.99. The van der Waals surface area contributed by atoms with Crippen LogP contribution in [0.5, 0.6) is 0 Å². The van der Waals surface area contributed by atoms with Crippen molar-refractivity contribution in [1.82, 2.24) is 10.2 Å². The Labute approximate surface area is 129 Å². The first kappa shape index (κ1) is 16.2. The molecule has 2 rings (SSSR count). The van der Waals surface area contributed by atoms with E-state index in [4.69, 9.17) is 0 Å². The molecule has 0 spiro atoms. The monoisotopic (exact) mass is 308 g/mol. The van der Waals surface area contributed by atoms with Gasteiger partial charge in [-0.3, -0.25) is 14.3 Å². The van der Waals surface area contributed by atoms with Gasteiger partial charge in [0.05, 0.1) is 12.2 Å². The SMILES string of the molecule is CC(CCS(C)=O)N1C(=O)C(Cc2ccccc2)NC1C. The average molecular weight is 308 g/mol. The van der Waals surface area contributed by atoms with Gasteiger partial charge in [0.1, 0.15) is 0 Å². The fraction of sp³-hybridized carbons (Fsp3) is 0.562. The van der Waals surface area contributed by atoms with Gasteiger partial charge in [-0.05, 0) is 32.3 Å². The van der Waals surface area contributed by atoms with Gasteiger partial charge in [-0.25, -0.2) is 0 Å². The minimum absolute atomic E-state index is 0.0338. The molecule has 4 nitrogen and oxygen atoms in total. The molecule has 1 fully saturated rings. The summed E-state index contributed by atoms with van der Waals surface area (Å²) in [6.45, 7) is 4.05. The molecule has 21 heavy (non-hydrogen) atoms. The maximum Gasteiger partial charge on any atom is 0.241 e. The second kappa shape index (κ2) is 7.18. The van der Waals surface area contributed by atoms with Gasteiger partial charge in [-0.2, -0.15) is 0 Å². The Hall–Kier alpha value is -1.20. The molecule has 0 aromatic heterocycles. The van der Waals surface area contributed by atoms with E-state index in [9.17, 15) is 9.00 Å². The Kier molecular flexibility index (Phi) is 5.53. The summed E-state index contributed by atoms with van der Waals surface area (Å²) in [6, 6.07) is 10.0. The number of nitrogens with one attached hydrogen (secondary N) is 1. The minimum atomic E-state index is -0.807. The predicted octanol–water partition coefficient (Wildman–Crippen LogP) is 1.53. The van der Waals surface area contributed by atoms with Crippen LogP contribution >= 0.6 is 0 Å². The van der Waals surface area contributed by atoms with Crippen molar-refractivity contribution in [3.05, 3.63) is 35.9 Å². The van der Waals surface area contributed by atoms with Crippen molar-refractivity contribution in [2.45, 2.75) is 44.9 Å². The first-order valence-electron chi connectivity index (χ1n) is 7.41. The van der Waals surface area contributed by atoms with Crippen molar-refractivity contribution in [3.8, 4) is 0 Å². The summed E-state index contributed by atoms with van der Waals surface area (Å²) in [6.07, 6.45) is 3.23. The second-order valence-corrected chi connectivity index (χ2v) is 7.30. The van der Waals surface area contributed by atoms with E-state index in [0.29, 0.717) is 12.2 Å². The van der Waals surface area contributed by atoms with E-state index in [-0.39, 0.29) is 24.2 Å². The first-order valence-corrected chi connectivity index (χ1v) is 9.14. The molecule has 1 aliphatic rings. The predicted molar refractivity (Wildman–Crippen MR) is 86.4 cm³/mol. The van der Waals surface area contributed by atoms with Gasteiger partial charge < -0.3 is 4.90 Å². The van der Waals surface area contributed by atoms with Crippen molar-refractivity contribution in [3.63, 3.8) is 0 Å². The highest BCUT2D eigenvalue weighted by Crippen LogP contribution is 2.19. The summed E-state index contributed by atoms with van der Waals surface area (Å²) in [7, 11) is -0.807. The molecule has 0 aliphatic carbocycles. The van der Waals surface area contributed by atoms with E-state index < -0.39 is 10.8 Å². The van der Waals surface area contributed by atoms with Gasteiger partial charge >= 0.3 is 0 Å². The molecule has 1 aromatic rings. The third kappa shape index (κ3) is 4.14. The number of carbonyl (C=O) groups is 1. The van der Waals surface area contributed by atoms with E-state index in [2.05, 4.69) is 5.32 Å². The minimum Gasteiger partial charge on any atom is -0.323 e. The second-order valence-electron chi connectivity index (χ2n) is 5.75. The summed E-state index contributed by atoms with van der Waals surface area (Å²) >= 11 is 0. The van der Waals surface area contributed by atoms with Crippen molar-refractivity contribution in [2.75, 3.05) is 12.0 Å². The maximum atomic E-state index is 12.6. The molecule has 1 saturated heterocycles. The largest absolute Gasteiger partial charge is 0.323 e. The molecule has 1 N–H and O–H groups in total. The lowest BCUT2D eigenvalue weighted by Gasteiger charge is -2.28. The zero-order valence-electron chi connectivity index (χ0n) is 12.9. The molecule has 4 atom stereocenters. The smallest absolute Gasteiger partial charge is 0.241 e. The van der Waals surface area contributed by atoms with E-state index in [0.717, 1.165) is 6.42 Å². The summed E-state index contributed by atoms with van der Waals surface area (Å²) in [5.74, 6) is 0.793. The van der Waals surface area contributed by atoms with Gasteiger partial charge in [0, 0.05) is 28.9 Å². The lowest BCUT2D eigenvalue weighted by molar-refractivity contribution is -0.131. The van der Waals surface area contributed by atoms with Gasteiger partial charge in [-0.15, -0.1) is 0 Å². The van der Waals surface area contributed by atoms with Crippen molar-refractivity contribution >= 4 is 16.7 Å². The van der Waals surface area contributed by atoms with Crippen LogP contribution in [0.1, 0.15) is 25.8 Å². The Morgan fingerprint density at radius 3 is 2.62 bits per heavy atom. The summed E-state index contributed by atoms with van der Waals surface area (Å²) < 4.78 is 11.2. The van der Waals surface area contributed by atoms with Crippen LogP contribution in [0, 0.1) is 0 Å². The standard InChI is InChI=1S/C16H24N2O2S/c1-12(9-10-21(3)20)18-13(2)17-15(16(18)19)11-14-7-5-4-6-8-14/h4-8,12-13,15,17H,9-11H2,1-3H3. The number of carbonyl (C=O) groups excluding carboxylic acids is 1. The third-order valence-electron chi connectivity index (χ3n) is 3.99. The lowest BCUT2D eigenvalue weighted by atomic mass is 10.1. The zero-order chi connectivity index (χ0) is 15.4. The van der Waals surface area contributed by atoms with Crippen molar-refractivity contribution in [1.29, 1.82) is 0 Å². The number of amides is 1. The van der Waals surface area contributed by atoms with Crippen LogP contribution in [0.25, 0.3) is 0 Å². The van der Waals surface area contributed by atoms with Crippen LogP contribution in [-0.4, -0.2) is 45.3 Å². The normalized spacial score (nSPS) is 25.1. The maximum absolute atomic E-state index is 12.6. The number of nitrogens with zero attached hydrogens (tertiary/aromatic N) is 1. The summed E-state index contributed by atoms with van der Waals surface area (Å²) in [5.41, 5.74) is 1.17. The van der Waals surface area contributed by atoms with E-state index in [1.165, 1.54) is 5.56 Å². The number of hydrogen-bond acceptors (Lipinski definition) is 3. The molecular weight excluding hydrogens is 284 g/mol. The molecule has 1 heterocycles. The van der Waals surface area contributed by atoms with E-state index in [1.807, 2.05) is 49.1 Å². The van der Waals surface area contributed by atoms with E-state index >= 15 is 0 Å². The molecule has 4 unspecified atom stereocenters. The van der Waals surface area contributed by atoms with E-state index in [1.54, 1.807) is 6.26 Å². The molecule has 0 bridgehead atoms. The Morgan fingerprint density at radius 2 is 2.00 bits per heavy atom. The Bertz CT molecular complexity index is 506. The van der Waals surface area contributed by atoms with Crippen LogP contribution in [0.3, 0.4) is 0 Å². The topological polar surface area (TPSA) is 49.4 Å². The van der Waals surface area contributed by atoms with Crippen molar-refractivity contribution < 1.29 is 9.00 Å². The van der Waals surface area contributed by atoms with Gasteiger partial charge in [-0.1, -0.05) is 30.3 Å². The molecule has 116 valence electrons. The number of rotatable bonds is 6. The Balaban J connectivity index is 1.99. The van der Waals surface area contributed by atoms with Crippen LogP contribution in [0.2, 0.25) is 0 Å². The lowest BCUT2D eigenvalue weighted by Crippen LogP contribution is -2.42. The van der Waals surface area contributed by atoms with Gasteiger partial charge in [0.25, 0.3) is 0 Å². The molecule has 1 amide bonds. The molecule has 1 aromatic carbocycles. The highest BCUT2D eigenvalue weighted by atomic mass is 32.2. The van der Waals surface area contributed by atoms with Crippen molar-refractivity contribution in [2.24, 2.45) is 0 Å². The molecule has 0 radical (unpaired) electrons. The van der Waals surface area contributed by atoms with Crippen LogP contribution in [0.4, 0.5) is 0 Å². The number of benzene rings is 1. The Morgan fingerprint density at radius 1 is 1.33 bits per heavy atom. The van der Waals surface area contributed by atoms with Crippen LogP contribution < -0.4 is 5.32 Å². The third-order valence-corrected chi connectivity index (χ3v) is 4.80. The molecule has 0 saturated carbocycles. The molecule has 1 aliphatic heterocycles. The van der Waals surface area contributed by atoms with Crippen LogP contribution in [0.15, 0.2) is 30.3 Å². The van der Waals surface area contributed by atoms with Crippen LogP contribution in [-0.2, 0) is 22.0 Å². The molecule has 5 heteroatoms. The highest BCUT2D eigenvalue weighted by Gasteiger charge is 2.38. The van der Waals surface area contributed by atoms with Gasteiger partial charge in [0.2, 0.25) is 5.91 Å². The zero-order valence-corrected chi connectivity index (χ0v) is 13.7. The highest BCUT2D eigenvalue weighted by molar-refractivity contribution is 7.84. The summed E-state index contributed by atoms with van der Waals surface area (Å²) in [5, 5.41) is 3.37. The fourth-order valence-corrected chi connectivity index (χ4v) is 3.56. The summed E-state index contributed by atoms with van der Waals surface area (Å²) in [4.78, 5) is 14.5. The van der Waals surface area contributed by atoms with Gasteiger partial charge in [0.15, 0.2) is 0 Å². The number of hydrogen-bond donors (Lipinski definition) is 1. The average Bonchev–Trinajstić information content (AvgIpc) is 2.72.